The number of nitrogens with one attached hydrogen (secondary N) is 1. The van der Waals surface area contributed by atoms with Crippen LogP contribution in [-0.4, -0.2) is 16.8 Å². The molecular weight excluding hydrogens is 124 g/mol. The van der Waals surface area contributed by atoms with Crippen molar-refractivity contribution in [3.8, 4) is 0 Å². The van der Waals surface area contributed by atoms with Crippen LogP contribution in [0.5, 0.6) is 0 Å². The average molecular weight is 132 g/mol. The van der Waals surface area contributed by atoms with E-state index in [-0.39, 0.29) is 5.11 Å². The summed E-state index contributed by atoms with van der Waals surface area (Å²) in [4.78, 5) is 0. The van der Waals surface area contributed by atoms with E-state index in [1.807, 2.05) is 0 Å². The highest BCUT2D eigenvalue weighted by Crippen LogP contribution is 1.62. The van der Waals surface area contributed by atoms with Crippen LogP contribution in [0.4, 0.5) is 0 Å². The Morgan fingerprint density at radius 1 is 1.88 bits per heavy atom. The molecule has 4 heteroatoms. The van der Waals surface area contributed by atoms with Crippen LogP contribution >= 0.6 is 12.2 Å². The fourth-order valence-electron chi connectivity index (χ4n) is 0.212. The number of thiocarbonyl (C=S) groups is 1. The molecule has 0 aromatic rings. The van der Waals surface area contributed by atoms with E-state index >= 15 is 0 Å². The van der Waals surface area contributed by atoms with Gasteiger partial charge in [-0.05, 0) is 18.3 Å². The maximum Gasteiger partial charge on any atom is 0.163 e. The van der Waals surface area contributed by atoms with Crippen LogP contribution in [0.15, 0.2) is 12.3 Å². The molecule has 0 saturated carbocycles. The van der Waals surface area contributed by atoms with Crippen molar-refractivity contribution in [2.24, 2.45) is 5.73 Å². The highest BCUT2D eigenvalue weighted by atomic mass is 32.1. The molecule has 3 nitrogen and oxygen atoms in total. The van der Waals surface area contributed by atoms with E-state index in [2.05, 4.69) is 17.5 Å². The Bertz CT molecular complexity index is 102. The molecule has 0 spiro atoms. The molecule has 0 unspecified atom stereocenters. The van der Waals surface area contributed by atoms with Gasteiger partial charge in [-0.25, -0.2) is 0 Å². The number of nitrogens with two attached hydrogens (primary N) is 1. The molecule has 46 valence electrons. The van der Waals surface area contributed by atoms with Gasteiger partial charge in [0.2, 0.25) is 0 Å². The lowest BCUT2D eigenvalue weighted by atomic mass is 10.6. The van der Waals surface area contributed by atoms with Crippen molar-refractivity contribution >= 4 is 17.3 Å². The maximum absolute atomic E-state index is 8.07. The second-order valence-electron chi connectivity index (χ2n) is 1.13. The zero-order valence-corrected chi connectivity index (χ0v) is 5.11. The number of aliphatic hydroxyl groups excluding tert-OH is 1. The molecule has 0 aromatic carbocycles. The van der Waals surface area contributed by atoms with Crippen LogP contribution in [0.1, 0.15) is 0 Å². The van der Waals surface area contributed by atoms with Crippen molar-refractivity contribution in [2.75, 3.05) is 6.54 Å². The largest absolute Gasteiger partial charge is 0.516 e. The molecule has 0 aliphatic heterocycles. The average Bonchev–Trinajstić information content (AvgIpc) is 1.66. The summed E-state index contributed by atoms with van der Waals surface area (Å²) in [5, 5.41) is 10.9. The first-order valence-corrected chi connectivity index (χ1v) is 2.50. The highest BCUT2D eigenvalue weighted by molar-refractivity contribution is 7.80. The summed E-state index contributed by atoms with van der Waals surface area (Å²) in [6.45, 7) is 0.478. The van der Waals surface area contributed by atoms with Crippen LogP contribution < -0.4 is 11.1 Å². The number of rotatable bonds is 2. The zero-order chi connectivity index (χ0) is 6.41. The summed E-state index contributed by atoms with van der Waals surface area (Å²) in [6, 6.07) is 0. The van der Waals surface area contributed by atoms with Gasteiger partial charge in [0.05, 0.1) is 6.26 Å². The first-order valence-electron chi connectivity index (χ1n) is 2.10. The summed E-state index contributed by atoms with van der Waals surface area (Å²) in [5.74, 6) is 0. The second kappa shape index (κ2) is 4.39. The van der Waals surface area contributed by atoms with Gasteiger partial charge in [-0.2, -0.15) is 0 Å². The maximum atomic E-state index is 8.07. The third kappa shape index (κ3) is 5.23. The van der Waals surface area contributed by atoms with Crippen molar-refractivity contribution < 1.29 is 5.11 Å². The van der Waals surface area contributed by atoms with E-state index in [0.29, 0.717) is 6.54 Å². The fraction of sp³-hybridized carbons (Fsp3) is 0.250. The van der Waals surface area contributed by atoms with E-state index in [0.717, 1.165) is 6.26 Å². The Kier molecular flexibility index (Phi) is 3.97. The lowest BCUT2D eigenvalue weighted by Crippen LogP contribution is -2.28. The van der Waals surface area contributed by atoms with Crippen molar-refractivity contribution in [1.82, 2.24) is 5.32 Å². The van der Waals surface area contributed by atoms with Gasteiger partial charge in [0.1, 0.15) is 0 Å². The van der Waals surface area contributed by atoms with Gasteiger partial charge in [-0.3, -0.25) is 0 Å². The number of hydrogen-bond donors (Lipinski definition) is 3. The molecule has 0 atom stereocenters. The molecule has 0 amide bonds. The monoisotopic (exact) mass is 132 g/mol. The van der Waals surface area contributed by atoms with E-state index in [1.54, 1.807) is 0 Å². The van der Waals surface area contributed by atoms with Crippen LogP contribution in [0.3, 0.4) is 0 Å². The molecule has 0 fully saturated rings. The van der Waals surface area contributed by atoms with Gasteiger partial charge in [0.25, 0.3) is 0 Å². The van der Waals surface area contributed by atoms with Crippen LogP contribution in [0.25, 0.3) is 0 Å². The Labute approximate surface area is 53.2 Å². The van der Waals surface area contributed by atoms with Crippen LogP contribution in [-0.2, 0) is 0 Å². The summed E-state index contributed by atoms with van der Waals surface area (Å²) in [7, 11) is 0. The predicted octanol–water partition coefficient (Wildman–Crippen LogP) is -0.109. The van der Waals surface area contributed by atoms with E-state index in [1.165, 1.54) is 6.08 Å². The molecule has 0 rings (SSSR count). The SMILES string of the molecule is NC(=S)NCC=CO. The van der Waals surface area contributed by atoms with E-state index < -0.39 is 0 Å². The summed E-state index contributed by atoms with van der Waals surface area (Å²) in [6.07, 6.45) is 2.43. The molecule has 0 heterocycles. The van der Waals surface area contributed by atoms with Gasteiger partial charge in [-0.1, -0.05) is 0 Å². The van der Waals surface area contributed by atoms with Crippen molar-refractivity contribution in [2.45, 2.75) is 0 Å². The fourth-order valence-corrected chi connectivity index (χ4v) is 0.296. The first kappa shape index (κ1) is 7.23. The molecule has 0 bridgehead atoms. The summed E-state index contributed by atoms with van der Waals surface area (Å²) in [5.41, 5.74) is 5.04. The number of hydrogen-bond acceptors (Lipinski definition) is 2. The highest BCUT2D eigenvalue weighted by Gasteiger charge is 1.78. The number of aliphatic hydroxyl groups is 1. The molecule has 0 aliphatic carbocycles. The smallest absolute Gasteiger partial charge is 0.163 e. The van der Waals surface area contributed by atoms with Gasteiger partial charge >= 0.3 is 0 Å². The molecule has 0 aliphatic rings. The molecule has 8 heavy (non-hydrogen) atoms. The zero-order valence-electron chi connectivity index (χ0n) is 4.29. The lowest BCUT2D eigenvalue weighted by molar-refractivity contribution is 0.471. The first-order chi connectivity index (χ1) is 3.77. The summed E-state index contributed by atoms with van der Waals surface area (Å²) < 4.78 is 0. The molecule has 0 saturated heterocycles. The van der Waals surface area contributed by atoms with Crippen molar-refractivity contribution in [3.05, 3.63) is 12.3 Å². The third-order valence-corrected chi connectivity index (χ3v) is 0.644. The third-order valence-electron chi connectivity index (χ3n) is 0.500. The normalized spacial score (nSPS) is 9.50. The Morgan fingerprint density at radius 2 is 2.50 bits per heavy atom. The standard InChI is InChI=1S/C4H8N2OS/c5-4(8)6-2-1-3-7/h1,3,7H,2H2,(H3,5,6,8). The molecule has 0 radical (unpaired) electrons. The van der Waals surface area contributed by atoms with Crippen LogP contribution in [0, 0.1) is 0 Å². The topological polar surface area (TPSA) is 58.3 Å². The van der Waals surface area contributed by atoms with Gasteiger partial charge < -0.3 is 16.2 Å². The van der Waals surface area contributed by atoms with E-state index in [9.17, 15) is 0 Å². The lowest BCUT2D eigenvalue weighted by Gasteiger charge is -1.94. The van der Waals surface area contributed by atoms with Gasteiger partial charge in [0, 0.05) is 6.54 Å². The minimum absolute atomic E-state index is 0.239. The van der Waals surface area contributed by atoms with Gasteiger partial charge in [0.15, 0.2) is 5.11 Å². The minimum Gasteiger partial charge on any atom is -0.516 e. The van der Waals surface area contributed by atoms with Crippen LogP contribution in [0.2, 0.25) is 0 Å². The molecule has 4 N–H and O–H groups in total. The second-order valence-corrected chi connectivity index (χ2v) is 1.57. The van der Waals surface area contributed by atoms with Crippen molar-refractivity contribution in [3.63, 3.8) is 0 Å². The minimum atomic E-state index is 0.239. The predicted molar refractivity (Wildman–Crippen MR) is 36.6 cm³/mol. The quantitative estimate of drug-likeness (QED) is 0.362. The Hall–Kier alpha value is -0.770. The van der Waals surface area contributed by atoms with Gasteiger partial charge in [-0.15, -0.1) is 0 Å². The summed E-state index contributed by atoms with van der Waals surface area (Å²) >= 11 is 4.46. The molecular formula is C4H8N2OS. The Balaban J connectivity index is 3.05. The van der Waals surface area contributed by atoms with Crippen molar-refractivity contribution in [1.29, 1.82) is 0 Å². The molecule has 0 aromatic heterocycles. The van der Waals surface area contributed by atoms with E-state index in [4.69, 9.17) is 10.8 Å². The Morgan fingerprint density at radius 3 is 2.88 bits per heavy atom.